The molecule has 0 aliphatic heterocycles. The van der Waals surface area contributed by atoms with E-state index in [2.05, 4.69) is 15.0 Å². The molecule has 1 amide bonds. The molecule has 0 aliphatic rings. The normalized spacial score (nSPS) is 11.7. The van der Waals surface area contributed by atoms with Gasteiger partial charge in [-0.15, -0.1) is 0 Å². The van der Waals surface area contributed by atoms with Crippen molar-refractivity contribution < 1.29 is 13.2 Å². The Kier molecular flexibility index (Phi) is 5.50. The van der Waals surface area contributed by atoms with Crippen molar-refractivity contribution in [1.82, 2.24) is 14.3 Å². The molecule has 3 rings (SSSR count). The van der Waals surface area contributed by atoms with Gasteiger partial charge in [0, 0.05) is 18.5 Å². The van der Waals surface area contributed by atoms with Crippen LogP contribution in [0.5, 0.6) is 0 Å². The van der Waals surface area contributed by atoms with Crippen LogP contribution in [0.1, 0.15) is 12.0 Å². The number of aryl methyl sites for hydroxylation is 2. The van der Waals surface area contributed by atoms with Crippen LogP contribution < -0.4 is 10.0 Å². The van der Waals surface area contributed by atoms with Crippen molar-refractivity contribution in [3.8, 4) is 0 Å². The summed E-state index contributed by atoms with van der Waals surface area (Å²) in [7, 11) is -0.274. The third-order valence-corrected chi connectivity index (χ3v) is 5.90. The molecule has 1 heterocycles. The molecule has 0 aliphatic carbocycles. The first kappa shape index (κ1) is 19.3. The number of aromatic nitrogens is 2. The van der Waals surface area contributed by atoms with Crippen molar-refractivity contribution in [1.29, 1.82) is 0 Å². The number of carbonyl (C=O) groups excluding carboxylic acids is 1. The van der Waals surface area contributed by atoms with Crippen LogP contribution in [-0.2, 0) is 28.3 Å². The average Bonchev–Trinajstić information content (AvgIpc) is 2.95. The Labute approximate surface area is 162 Å². The van der Waals surface area contributed by atoms with Gasteiger partial charge in [-0.25, -0.2) is 18.1 Å². The minimum atomic E-state index is -3.46. The van der Waals surface area contributed by atoms with Gasteiger partial charge >= 0.3 is 0 Å². The SMILES string of the molecule is CNS(=O)(=O)c1ccc(CCC(=O)Nc2nc3cc(Cl)ccc3n2C)cc1. The number of hydrogen-bond acceptors (Lipinski definition) is 4. The van der Waals surface area contributed by atoms with Gasteiger partial charge in [-0.05, 0) is 49.4 Å². The van der Waals surface area contributed by atoms with E-state index < -0.39 is 10.0 Å². The number of amides is 1. The summed E-state index contributed by atoms with van der Waals surface area (Å²) in [6.45, 7) is 0. The highest BCUT2D eigenvalue weighted by Gasteiger charge is 2.13. The maximum absolute atomic E-state index is 12.3. The number of nitrogens with one attached hydrogen (secondary N) is 2. The molecular weight excluding hydrogens is 388 g/mol. The molecule has 1 aromatic heterocycles. The largest absolute Gasteiger partial charge is 0.313 e. The molecule has 27 heavy (non-hydrogen) atoms. The summed E-state index contributed by atoms with van der Waals surface area (Å²) in [5.41, 5.74) is 2.45. The molecule has 0 spiro atoms. The first-order valence-electron chi connectivity index (χ1n) is 8.24. The minimum absolute atomic E-state index is 0.175. The number of sulfonamides is 1. The summed E-state index contributed by atoms with van der Waals surface area (Å²) >= 11 is 5.97. The van der Waals surface area contributed by atoms with E-state index in [-0.39, 0.29) is 17.2 Å². The quantitative estimate of drug-likeness (QED) is 0.658. The summed E-state index contributed by atoms with van der Waals surface area (Å²) < 4.78 is 27.5. The fourth-order valence-corrected chi connectivity index (χ4v) is 3.58. The van der Waals surface area contributed by atoms with Gasteiger partial charge in [0.15, 0.2) is 0 Å². The Morgan fingerprint density at radius 3 is 2.56 bits per heavy atom. The number of imidazole rings is 1. The highest BCUT2D eigenvalue weighted by molar-refractivity contribution is 7.89. The topological polar surface area (TPSA) is 93.1 Å². The molecule has 0 atom stereocenters. The van der Waals surface area contributed by atoms with Crippen LogP contribution in [0.25, 0.3) is 11.0 Å². The zero-order chi connectivity index (χ0) is 19.6. The number of benzene rings is 2. The van der Waals surface area contributed by atoms with Crippen LogP contribution in [-0.4, -0.2) is 30.9 Å². The third-order valence-electron chi connectivity index (χ3n) is 4.24. The molecule has 0 radical (unpaired) electrons. The van der Waals surface area contributed by atoms with Gasteiger partial charge in [-0.2, -0.15) is 0 Å². The lowest BCUT2D eigenvalue weighted by atomic mass is 10.1. The third kappa shape index (κ3) is 4.29. The highest BCUT2D eigenvalue weighted by Crippen LogP contribution is 2.22. The van der Waals surface area contributed by atoms with Crippen LogP contribution in [0.2, 0.25) is 5.02 Å². The summed E-state index contributed by atoms with van der Waals surface area (Å²) in [6, 6.07) is 11.8. The number of rotatable bonds is 6. The van der Waals surface area contributed by atoms with Crippen molar-refractivity contribution in [2.45, 2.75) is 17.7 Å². The second-order valence-corrected chi connectivity index (χ2v) is 8.35. The zero-order valence-electron chi connectivity index (χ0n) is 14.9. The Balaban J connectivity index is 1.64. The zero-order valence-corrected chi connectivity index (χ0v) is 16.4. The van der Waals surface area contributed by atoms with Gasteiger partial charge in [0.1, 0.15) is 0 Å². The van der Waals surface area contributed by atoms with E-state index in [0.29, 0.717) is 22.9 Å². The average molecular weight is 407 g/mol. The Morgan fingerprint density at radius 1 is 1.19 bits per heavy atom. The molecule has 0 unspecified atom stereocenters. The number of carbonyl (C=O) groups is 1. The van der Waals surface area contributed by atoms with Crippen molar-refractivity contribution >= 4 is 44.5 Å². The monoisotopic (exact) mass is 406 g/mol. The van der Waals surface area contributed by atoms with Crippen LogP contribution in [0, 0.1) is 0 Å². The van der Waals surface area contributed by atoms with Gasteiger partial charge in [-0.3, -0.25) is 10.1 Å². The predicted molar refractivity (Wildman–Crippen MR) is 105 cm³/mol. The number of hydrogen-bond donors (Lipinski definition) is 2. The van der Waals surface area contributed by atoms with E-state index in [1.165, 1.54) is 19.2 Å². The molecule has 0 saturated carbocycles. The maximum Gasteiger partial charge on any atom is 0.240 e. The summed E-state index contributed by atoms with van der Waals surface area (Å²) in [5.74, 6) is 0.277. The van der Waals surface area contributed by atoms with Crippen molar-refractivity contribution in [3.63, 3.8) is 0 Å². The number of nitrogens with zero attached hydrogens (tertiary/aromatic N) is 2. The van der Waals surface area contributed by atoms with E-state index in [1.807, 2.05) is 13.1 Å². The molecule has 2 aromatic carbocycles. The molecule has 0 bridgehead atoms. The van der Waals surface area contributed by atoms with E-state index in [9.17, 15) is 13.2 Å². The fraction of sp³-hybridized carbons (Fsp3) is 0.222. The smallest absolute Gasteiger partial charge is 0.240 e. The highest BCUT2D eigenvalue weighted by atomic mass is 35.5. The molecule has 0 saturated heterocycles. The van der Waals surface area contributed by atoms with E-state index in [0.717, 1.165) is 11.1 Å². The van der Waals surface area contributed by atoms with Crippen molar-refractivity contribution in [3.05, 3.63) is 53.1 Å². The van der Waals surface area contributed by atoms with Crippen LogP contribution in [0.15, 0.2) is 47.4 Å². The van der Waals surface area contributed by atoms with Gasteiger partial charge in [0.25, 0.3) is 0 Å². The van der Waals surface area contributed by atoms with Crippen LogP contribution >= 0.6 is 11.6 Å². The minimum Gasteiger partial charge on any atom is -0.313 e. The first-order chi connectivity index (χ1) is 12.8. The predicted octanol–water partition coefficient (Wildman–Crippen LogP) is 2.71. The second kappa shape index (κ2) is 7.67. The summed E-state index contributed by atoms with van der Waals surface area (Å²) in [4.78, 5) is 16.8. The van der Waals surface area contributed by atoms with Crippen molar-refractivity contribution in [2.24, 2.45) is 7.05 Å². The lowest BCUT2D eigenvalue weighted by Crippen LogP contribution is -2.18. The molecule has 9 heteroatoms. The van der Waals surface area contributed by atoms with Crippen LogP contribution in [0.4, 0.5) is 5.95 Å². The van der Waals surface area contributed by atoms with E-state index in [1.54, 1.807) is 28.8 Å². The molecule has 3 aromatic rings. The van der Waals surface area contributed by atoms with Crippen LogP contribution in [0.3, 0.4) is 0 Å². The molecule has 2 N–H and O–H groups in total. The Bertz CT molecular complexity index is 1090. The standard InChI is InChI=1S/C18H19ClN4O3S/c1-20-27(25,26)14-7-3-12(4-8-14)5-10-17(24)22-18-21-15-11-13(19)6-9-16(15)23(18)2/h3-4,6-9,11,20H,5,10H2,1-2H3,(H,21,22,24). The van der Waals surface area contributed by atoms with Crippen molar-refractivity contribution in [2.75, 3.05) is 12.4 Å². The molecule has 0 fully saturated rings. The second-order valence-electron chi connectivity index (χ2n) is 6.03. The Morgan fingerprint density at radius 2 is 1.89 bits per heavy atom. The molecule has 142 valence electrons. The first-order valence-corrected chi connectivity index (χ1v) is 10.1. The molecule has 7 nitrogen and oxygen atoms in total. The number of fused-ring (bicyclic) bond motifs is 1. The molecular formula is C18H19ClN4O3S. The fourth-order valence-electron chi connectivity index (χ4n) is 2.68. The lowest BCUT2D eigenvalue weighted by Gasteiger charge is -2.06. The van der Waals surface area contributed by atoms with Gasteiger partial charge in [0.2, 0.25) is 21.9 Å². The number of anilines is 1. The van der Waals surface area contributed by atoms with Gasteiger partial charge < -0.3 is 4.57 Å². The summed E-state index contributed by atoms with van der Waals surface area (Å²) in [6.07, 6.45) is 0.740. The maximum atomic E-state index is 12.3. The van der Waals surface area contributed by atoms with Gasteiger partial charge in [0.05, 0.1) is 15.9 Å². The lowest BCUT2D eigenvalue weighted by molar-refractivity contribution is -0.116. The van der Waals surface area contributed by atoms with E-state index >= 15 is 0 Å². The number of halogens is 1. The van der Waals surface area contributed by atoms with E-state index in [4.69, 9.17) is 11.6 Å². The summed E-state index contributed by atoms with van der Waals surface area (Å²) in [5, 5.41) is 3.38. The van der Waals surface area contributed by atoms with Gasteiger partial charge in [-0.1, -0.05) is 23.7 Å². The Hall–Kier alpha value is -2.42.